The Bertz CT molecular complexity index is 899. The Hall–Kier alpha value is -3.42. The van der Waals surface area contributed by atoms with Crippen LogP contribution in [0.25, 0.3) is 0 Å². The molecule has 1 saturated heterocycles. The SMILES string of the molecule is COc1ccc(N2CC(C(=O)Nc3ccc(OC)c(N)c3)CC2=O)c(OC)c1. The first-order chi connectivity index (χ1) is 13.5. The minimum absolute atomic E-state index is 0.118. The van der Waals surface area contributed by atoms with Gasteiger partial charge in [0.15, 0.2) is 0 Å². The average molecular weight is 385 g/mol. The second-order valence-electron chi connectivity index (χ2n) is 6.39. The number of anilines is 3. The van der Waals surface area contributed by atoms with Crippen molar-refractivity contribution in [1.82, 2.24) is 0 Å². The van der Waals surface area contributed by atoms with E-state index in [4.69, 9.17) is 19.9 Å². The molecular weight excluding hydrogens is 362 g/mol. The zero-order chi connectivity index (χ0) is 20.3. The summed E-state index contributed by atoms with van der Waals surface area (Å²) in [6.45, 7) is 0.263. The molecule has 2 aromatic rings. The van der Waals surface area contributed by atoms with Crippen molar-refractivity contribution in [2.24, 2.45) is 5.92 Å². The molecule has 28 heavy (non-hydrogen) atoms. The number of ether oxygens (including phenoxy) is 3. The van der Waals surface area contributed by atoms with Crippen molar-refractivity contribution >= 4 is 28.9 Å². The number of carbonyl (C=O) groups excluding carboxylic acids is 2. The van der Waals surface area contributed by atoms with Gasteiger partial charge in [0.05, 0.1) is 38.6 Å². The summed E-state index contributed by atoms with van der Waals surface area (Å²) in [5.41, 5.74) is 7.46. The summed E-state index contributed by atoms with van der Waals surface area (Å²) in [5, 5.41) is 2.81. The Morgan fingerprint density at radius 2 is 1.82 bits per heavy atom. The standard InChI is InChI=1S/C20H23N3O5/c1-26-14-5-6-16(18(10-14)28-3)23-11-12(8-19(23)24)20(25)22-13-4-7-17(27-2)15(21)9-13/h4-7,9-10,12H,8,11,21H2,1-3H3,(H,22,25). The van der Waals surface area contributed by atoms with Gasteiger partial charge in [0.2, 0.25) is 11.8 Å². The second kappa shape index (κ2) is 8.08. The zero-order valence-electron chi connectivity index (χ0n) is 16.0. The van der Waals surface area contributed by atoms with E-state index in [9.17, 15) is 9.59 Å². The fourth-order valence-electron chi connectivity index (χ4n) is 3.18. The van der Waals surface area contributed by atoms with Crippen molar-refractivity contribution in [2.75, 3.05) is 43.8 Å². The summed E-state index contributed by atoms with van der Waals surface area (Å²) in [5.74, 6) is 0.801. The van der Waals surface area contributed by atoms with E-state index >= 15 is 0 Å². The van der Waals surface area contributed by atoms with Gasteiger partial charge >= 0.3 is 0 Å². The number of nitrogens with two attached hydrogens (primary N) is 1. The molecule has 2 aromatic carbocycles. The van der Waals surface area contributed by atoms with Crippen LogP contribution < -0.4 is 30.2 Å². The summed E-state index contributed by atoms with van der Waals surface area (Å²) in [6.07, 6.45) is 0.118. The van der Waals surface area contributed by atoms with Crippen LogP contribution in [0.1, 0.15) is 6.42 Å². The predicted molar refractivity (Wildman–Crippen MR) is 106 cm³/mol. The third-order valence-corrected chi connectivity index (χ3v) is 4.67. The molecule has 0 saturated carbocycles. The lowest BCUT2D eigenvalue weighted by Gasteiger charge is -2.20. The number of amides is 2. The Kier molecular flexibility index (Phi) is 5.58. The Balaban J connectivity index is 1.73. The number of methoxy groups -OCH3 is 3. The van der Waals surface area contributed by atoms with Crippen molar-refractivity contribution in [3.8, 4) is 17.2 Å². The molecule has 0 spiro atoms. The molecule has 148 valence electrons. The van der Waals surface area contributed by atoms with Gasteiger partial charge in [-0.2, -0.15) is 0 Å². The molecule has 8 nitrogen and oxygen atoms in total. The molecule has 1 aliphatic heterocycles. The van der Waals surface area contributed by atoms with Crippen LogP contribution in [0.15, 0.2) is 36.4 Å². The molecule has 1 heterocycles. The van der Waals surface area contributed by atoms with E-state index in [2.05, 4.69) is 5.32 Å². The maximum Gasteiger partial charge on any atom is 0.229 e. The van der Waals surface area contributed by atoms with E-state index in [1.54, 1.807) is 48.4 Å². The van der Waals surface area contributed by atoms with E-state index in [0.29, 0.717) is 34.3 Å². The Morgan fingerprint density at radius 3 is 2.46 bits per heavy atom. The third kappa shape index (κ3) is 3.80. The number of nitrogens with one attached hydrogen (secondary N) is 1. The lowest BCUT2D eigenvalue weighted by atomic mass is 10.1. The van der Waals surface area contributed by atoms with Gasteiger partial charge in [0.1, 0.15) is 17.2 Å². The average Bonchev–Trinajstić information content (AvgIpc) is 3.09. The van der Waals surface area contributed by atoms with Crippen LogP contribution in [0, 0.1) is 5.92 Å². The summed E-state index contributed by atoms with van der Waals surface area (Å²) in [7, 11) is 4.61. The van der Waals surface area contributed by atoms with E-state index in [-0.39, 0.29) is 24.8 Å². The van der Waals surface area contributed by atoms with Crippen molar-refractivity contribution in [3.63, 3.8) is 0 Å². The highest BCUT2D eigenvalue weighted by atomic mass is 16.5. The molecule has 3 rings (SSSR count). The van der Waals surface area contributed by atoms with Gasteiger partial charge in [0.25, 0.3) is 0 Å². The highest BCUT2D eigenvalue weighted by Crippen LogP contribution is 2.36. The first-order valence-electron chi connectivity index (χ1n) is 8.73. The summed E-state index contributed by atoms with van der Waals surface area (Å²) in [6, 6.07) is 10.2. The fraction of sp³-hybridized carbons (Fsp3) is 0.300. The van der Waals surface area contributed by atoms with Crippen molar-refractivity contribution < 1.29 is 23.8 Å². The molecule has 3 N–H and O–H groups in total. The van der Waals surface area contributed by atoms with Crippen LogP contribution in [0.3, 0.4) is 0 Å². The van der Waals surface area contributed by atoms with Gasteiger partial charge in [-0.3, -0.25) is 9.59 Å². The number of nitrogen functional groups attached to an aromatic ring is 1. The highest BCUT2D eigenvalue weighted by molar-refractivity contribution is 6.04. The molecule has 1 atom stereocenters. The normalized spacial score (nSPS) is 16.0. The number of nitrogens with zero attached hydrogens (tertiary/aromatic N) is 1. The number of rotatable bonds is 6. The lowest BCUT2D eigenvalue weighted by Crippen LogP contribution is -2.28. The third-order valence-electron chi connectivity index (χ3n) is 4.67. The second-order valence-corrected chi connectivity index (χ2v) is 6.39. The summed E-state index contributed by atoms with van der Waals surface area (Å²) < 4.78 is 15.7. The van der Waals surface area contributed by atoms with Gasteiger partial charge < -0.3 is 30.2 Å². The zero-order valence-corrected chi connectivity index (χ0v) is 16.0. The quantitative estimate of drug-likeness (QED) is 0.740. The molecule has 2 amide bonds. The van der Waals surface area contributed by atoms with Crippen LogP contribution in [0.5, 0.6) is 17.2 Å². The largest absolute Gasteiger partial charge is 0.497 e. The molecule has 8 heteroatoms. The maximum absolute atomic E-state index is 12.6. The Morgan fingerprint density at radius 1 is 1.07 bits per heavy atom. The molecule has 0 aromatic heterocycles. The topological polar surface area (TPSA) is 103 Å². The van der Waals surface area contributed by atoms with Gasteiger partial charge in [0, 0.05) is 24.7 Å². The molecule has 0 aliphatic carbocycles. The molecule has 1 aliphatic rings. The van der Waals surface area contributed by atoms with E-state index in [1.807, 2.05) is 0 Å². The predicted octanol–water partition coefficient (Wildman–Crippen LogP) is 2.29. The van der Waals surface area contributed by atoms with Crippen LogP contribution >= 0.6 is 0 Å². The number of hydrogen-bond donors (Lipinski definition) is 2. The van der Waals surface area contributed by atoms with Crippen LogP contribution in [-0.2, 0) is 9.59 Å². The molecular formula is C20H23N3O5. The van der Waals surface area contributed by atoms with Gasteiger partial charge in [-0.05, 0) is 30.3 Å². The van der Waals surface area contributed by atoms with E-state index in [0.717, 1.165) is 0 Å². The van der Waals surface area contributed by atoms with Crippen LogP contribution in [-0.4, -0.2) is 39.7 Å². The molecule has 0 bridgehead atoms. The van der Waals surface area contributed by atoms with Gasteiger partial charge in [-0.25, -0.2) is 0 Å². The molecule has 1 unspecified atom stereocenters. The van der Waals surface area contributed by atoms with E-state index in [1.165, 1.54) is 14.2 Å². The maximum atomic E-state index is 12.6. The smallest absolute Gasteiger partial charge is 0.229 e. The summed E-state index contributed by atoms with van der Waals surface area (Å²) >= 11 is 0. The van der Waals surface area contributed by atoms with Crippen molar-refractivity contribution in [3.05, 3.63) is 36.4 Å². The fourth-order valence-corrected chi connectivity index (χ4v) is 3.18. The lowest BCUT2D eigenvalue weighted by molar-refractivity contribution is -0.122. The minimum atomic E-state index is -0.484. The van der Waals surface area contributed by atoms with E-state index < -0.39 is 5.92 Å². The first-order valence-corrected chi connectivity index (χ1v) is 8.73. The Labute approximate surface area is 163 Å². The van der Waals surface area contributed by atoms with Crippen LogP contribution in [0.4, 0.5) is 17.1 Å². The van der Waals surface area contributed by atoms with Gasteiger partial charge in [-0.15, -0.1) is 0 Å². The molecule has 1 fully saturated rings. The number of carbonyl (C=O) groups is 2. The van der Waals surface area contributed by atoms with Crippen molar-refractivity contribution in [2.45, 2.75) is 6.42 Å². The first kappa shape index (κ1) is 19.3. The molecule has 0 radical (unpaired) electrons. The van der Waals surface area contributed by atoms with Crippen molar-refractivity contribution in [1.29, 1.82) is 0 Å². The van der Waals surface area contributed by atoms with Crippen LogP contribution in [0.2, 0.25) is 0 Å². The monoisotopic (exact) mass is 385 g/mol. The number of benzene rings is 2. The minimum Gasteiger partial charge on any atom is -0.497 e. The number of hydrogen-bond acceptors (Lipinski definition) is 6. The summed E-state index contributed by atoms with van der Waals surface area (Å²) in [4.78, 5) is 26.7. The highest BCUT2D eigenvalue weighted by Gasteiger charge is 2.36. The van der Waals surface area contributed by atoms with Gasteiger partial charge in [-0.1, -0.05) is 0 Å².